The highest BCUT2D eigenvalue weighted by Gasteiger charge is 2.48. The maximum absolute atomic E-state index is 13.1. The van der Waals surface area contributed by atoms with Crippen molar-refractivity contribution in [1.82, 2.24) is 0 Å². The van der Waals surface area contributed by atoms with Gasteiger partial charge in [0.05, 0.1) is 11.8 Å². The van der Waals surface area contributed by atoms with Gasteiger partial charge in [0.1, 0.15) is 30.8 Å². The van der Waals surface area contributed by atoms with Crippen molar-refractivity contribution < 1.29 is 28.6 Å². The van der Waals surface area contributed by atoms with Crippen LogP contribution in [0.25, 0.3) is 5.76 Å². The highest BCUT2D eigenvalue weighted by molar-refractivity contribution is 6.51. The summed E-state index contributed by atoms with van der Waals surface area (Å²) in [6, 6.07) is 14.6. The summed E-state index contributed by atoms with van der Waals surface area (Å²) in [5, 5.41) is 11.1. The molecule has 1 unspecified atom stereocenters. The molecule has 1 N–H and O–H groups in total. The first kappa shape index (κ1) is 19.0. The predicted octanol–water partition coefficient (Wildman–Crippen LogP) is 3.99. The Morgan fingerprint density at radius 1 is 1.00 bits per heavy atom. The van der Waals surface area contributed by atoms with Crippen molar-refractivity contribution in [3.63, 3.8) is 0 Å². The van der Waals surface area contributed by atoms with Gasteiger partial charge in [-0.15, -0.1) is 0 Å². The largest absolute Gasteiger partial charge is 0.507 e. The van der Waals surface area contributed by atoms with Crippen molar-refractivity contribution in [3.05, 3.63) is 83.3 Å². The number of carbonyl (C=O) groups is 2. The molecule has 156 valence electrons. The van der Waals surface area contributed by atoms with Crippen LogP contribution in [0.3, 0.4) is 0 Å². The number of Topliss-reactive ketones (excluding diaryl/α,β-unsaturated/α-hetero) is 1. The monoisotopic (exact) mass is 417 g/mol. The van der Waals surface area contributed by atoms with E-state index in [9.17, 15) is 14.7 Å². The van der Waals surface area contributed by atoms with E-state index in [0.29, 0.717) is 41.7 Å². The fourth-order valence-electron chi connectivity index (χ4n) is 3.94. The molecule has 0 spiro atoms. The van der Waals surface area contributed by atoms with Crippen molar-refractivity contribution in [2.24, 2.45) is 0 Å². The van der Waals surface area contributed by atoms with E-state index in [-0.39, 0.29) is 11.3 Å². The van der Waals surface area contributed by atoms with Crippen LogP contribution in [0, 0.1) is 6.92 Å². The molecule has 0 aliphatic carbocycles. The quantitative estimate of drug-likeness (QED) is 0.394. The van der Waals surface area contributed by atoms with Gasteiger partial charge in [-0.3, -0.25) is 14.5 Å². The van der Waals surface area contributed by atoms with Crippen LogP contribution in [-0.2, 0) is 9.59 Å². The second-order valence-electron chi connectivity index (χ2n) is 7.38. The number of nitrogens with zero attached hydrogens (tertiary/aromatic N) is 1. The molecule has 0 saturated carbocycles. The second-order valence-corrected chi connectivity index (χ2v) is 7.38. The molecule has 1 fully saturated rings. The van der Waals surface area contributed by atoms with E-state index in [1.807, 2.05) is 25.1 Å². The number of benzene rings is 2. The summed E-state index contributed by atoms with van der Waals surface area (Å²) in [6.07, 6.45) is 1.47. The van der Waals surface area contributed by atoms with Gasteiger partial charge in [-0.05, 0) is 55.0 Å². The van der Waals surface area contributed by atoms with Gasteiger partial charge in [0.15, 0.2) is 11.5 Å². The molecule has 7 nitrogen and oxygen atoms in total. The number of aliphatic hydroxyl groups excluding tert-OH is 1. The summed E-state index contributed by atoms with van der Waals surface area (Å²) in [4.78, 5) is 27.5. The van der Waals surface area contributed by atoms with Gasteiger partial charge in [0.25, 0.3) is 11.7 Å². The fourth-order valence-corrected chi connectivity index (χ4v) is 3.94. The van der Waals surface area contributed by atoms with E-state index in [1.54, 1.807) is 36.4 Å². The Balaban J connectivity index is 1.68. The third-order valence-electron chi connectivity index (χ3n) is 5.35. The Bertz CT molecular complexity index is 1210. The van der Waals surface area contributed by atoms with E-state index >= 15 is 0 Å². The van der Waals surface area contributed by atoms with Crippen molar-refractivity contribution in [1.29, 1.82) is 0 Å². The molecule has 1 saturated heterocycles. The average Bonchev–Trinajstić information content (AvgIpc) is 3.40. The first-order valence-electron chi connectivity index (χ1n) is 9.85. The summed E-state index contributed by atoms with van der Waals surface area (Å²) in [7, 11) is 0. The minimum Gasteiger partial charge on any atom is -0.507 e. The topological polar surface area (TPSA) is 89.2 Å². The number of ether oxygens (including phenoxy) is 2. The number of amides is 1. The SMILES string of the molecule is Cc1cccc(N2C(=O)C(=O)/C(=C(\O)c3ccc4c(c3)OCCO4)C2c2ccco2)c1. The van der Waals surface area contributed by atoms with Gasteiger partial charge in [-0.1, -0.05) is 12.1 Å². The van der Waals surface area contributed by atoms with Crippen LogP contribution in [0.15, 0.2) is 70.9 Å². The zero-order valence-corrected chi connectivity index (χ0v) is 16.7. The summed E-state index contributed by atoms with van der Waals surface area (Å²) in [6.45, 7) is 2.73. The highest BCUT2D eigenvalue weighted by Crippen LogP contribution is 2.43. The molecule has 3 heterocycles. The molecular weight excluding hydrogens is 398 g/mol. The molecule has 1 atom stereocenters. The lowest BCUT2D eigenvalue weighted by molar-refractivity contribution is -0.132. The van der Waals surface area contributed by atoms with Crippen LogP contribution < -0.4 is 14.4 Å². The van der Waals surface area contributed by atoms with E-state index in [0.717, 1.165) is 5.56 Å². The zero-order chi connectivity index (χ0) is 21.5. The Morgan fingerprint density at radius 2 is 1.81 bits per heavy atom. The van der Waals surface area contributed by atoms with E-state index in [1.165, 1.54) is 11.2 Å². The molecular formula is C24H19NO6. The average molecular weight is 417 g/mol. The van der Waals surface area contributed by atoms with Gasteiger partial charge in [-0.2, -0.15) is 0 Å². The van der Waals surface area contributed by atoms with Gasteiger partial charge in [0, 0.05) is 11.3 Å². The summed E-state index contributed by atoms with van der Waals surface area (Å²) >= 11 is 0. The molecule has 31 heavy (non-hydrogen) atoms. The van der Waals surface area contributed by atoms with Crippen molar-refractivity contribution in [2.75, 3.05) is 18.1 Å². The molecule has 1 aromatic heterocycles. The van der Waals surface area contributed by atoms with Crippen LogP contribution in [0.1, 0.15) is 22.9 Å². The highest BCUT2D eigenvalue weighted by atomic mass is 16.6. The number of hydrogen-bond donors (Lipinski definition) is 1. The standard InChI is InChI=1S/C24H19NO6/c1-14-4-2-5-16(12-14)25-21(18-6-3-9-29-18)20(23(27)24(25)28)22(26)15-7-8-17-19(13-15)31-11-10-30-17/h2-9,12-13,21,26H,10-11H2,1H3/b22-20-. The van der Waals surface area contributed by atoms with Gasteiger partial charge in [0.2, 0.25) is 0 Å². The van der Waals surface area contributed by atoms with Gasteiger partial charge < -0.3 is 19.0 Å². The number of rotatable bonds is 3. The smallest absolute Gasteiger partial charge is 0.300 e. The lowest BCUT2D eigenvalue weighted by atomic mass is 9.98. The fraction of sp³-hybridized carbons (Fsp3) is 0.167. The second kappa shape index (κ2) is 7.36. The first-order valence-corrected chi connectivity index (χ1v) is 9.85. The van der Waals surface area contributed by atoms with Crippen molar-refractivity contribution in [2.45, 2.75) is 13.0 Å². The van der Waals surface area contributed by atoms with Gasteiger partial charge in [-0.25, -0.2) is 0 Å². The number of fused-ring (bicyclic) bond motifs is 1. The number of aryl methyl sites for hydroxylation is 1. The normalized spacial score (nSPS) is 19.6. The van der Waals surface area contributed by atoms with Crippen LogP contribution in [0.5, 0.6) is 11.5 Å². The lowest BCUT2D eigenvalue weighted by Crippen LogP contribution is -2.29. The van der Waals surface area contributed by atoms with Crippen LogP contribution >= 0.6 is 0 Å². The molecule has 5 rings (SSSR count). The molecule has 1 amide bonds. The Labute approximate surface area is 178 Å². The van der Waals surface area contributed by atoms with Crippen LogP contribution in [0.4, 0.5) is 5.69 Å². The first-order chi connectivity index (χ1) is 15.0. The molecule has 2 aliphatic rings. The van der Waals surface area contributed by atoms with Crippen molar-refractivity contribution in [3.8, 4) is 11.5 Å². The third kappa shape index (κ3) is 3.15. The summed E-state index contributed by atoms with van der Waals surface area (Å²) in [5.74, 6) is -0.406. The molecule has 2 aliphatic heterocycles. The Kier molecular flexibility index (Phi) is 4.51. The minimum absolute atomic E-state index is 0.0434. The van der Waals surface area contributed by atoms with Crippen LogP contribution in [-0.4, -0.2) is 30.0 Å². The Hall–Kier alpha value is -4.00. The van der Waals surface area contributed by atoms with Gasteiger partial charge >= 0.3 is 0 Å². The molecule has 0 bridgehead atoms. The number of anilines is 1. The van der Waals surface area contributed by atoms with E-state index in [2.05, 4.69) is 0 Å². The lowest BCUT2D eigenvalue weighted by Gasteiger charge is -2.24. The molecule has 7 heteroatoms. The number of ketones is 1. The maximum atomic E-state index is 13.1. The summed E-state index contributed by atoms with van der Waals surface area (Å²) < 4.78 is 16.7. The summed E-state index contributed by atoms with van der Waals surface area (Å²) in [5.41, 5.74) is 1.79. The number of aliphatic hydroxyl groups is 1. The number of hydrogen-bond acceptors (Lipinski definition) is 6. The predicted molar refractivity (Wildman–Crippen MR) is 112 cm³/mol. The van der Waals surface area contributed by atoms with Crippen molar-refractivity contribution >= 4 is 23.1 Å². The number of carbonyl (C=O) groups excluding carboxylic acids is 2. The zero-order valence-electron chi connectivity index (χ0n) is 16.7. The van der Waals surface area contributed by atoms with Crippen LogP contribution in [0.2, 0.25) is 0 Å². The Morgan fingerprint density at radius 3 is 2.55 bits per heavy atom. The molecule has 0 radical (unpaired) electrons. The van der Waals surface area contributed by atoms with E-state index < -0.39 is 17.7 Å². The maximum Gasteiger partial charge on any atom is 0.300 e. The van der Waals surface area contributed by atoms with E-state index in [4.69, 9.17) is 13.9 Å². The third-order valence-corrected chi connectivity index (χ3v) is 5.35. The molecule has 2 aromatic carbocycles. The number of furan rings is 1. The minimum atomic E-state index is -0.898. The molecule has 3 aromatic rings.